The second-order valence-corrected chi connectivity index (χ2v) is 8.54. The van der Waals surface area contributed by atoms with Crippen LogP contribution < -0.4 is 15.0 Å². The molecule has 2 N–H and O–H groups in total. The van der Waals surface area contributed by atoms with Gasteiger partial charge in [0, 0.05) is 43.4 Å². The van der Waals surface area contributed by atoms with Crippen LogP contribution in [0.25, 0.3) is 0 Å². The number of carboxylic acids is 1. The second kappa shape index (κ2) is 11.2. The van der Waals surface area contributed by atoms with Gasteiger partial charge in [0.25, 0.3) is 5.91 Å². The lowest BCUT2D eigenvalue weighted by Crippen LogP contribution is -2.47. The molecule has 3 aromatic rings. The summed E-state index contributed by atoms with van der Waals surface area (Å²) >= 11 is 5.89. The average Bonchev–Trinajstić information content (AvgIpc) is 2.86. The summed E-state index contributed by atoms with van der Waals surface area (Å²) in [4.78, 5) is 28.6. The lowest BCUT2D eigenvalue weighted by Gasteiger charge is -2.36. The third kappa shape index (κ3) is 6.29. The molecule has 0 aliphatic carbocycles. The third-order valence-corrected chi connectivity index (χ3v) is 6.06. The van der Waals surface area contributed by atoms with Gasteiger partial charge in [0.1, 0.15) is 18.2 Å². The van der Waals surface area contributed by atoms with Gasteiger partial charge in [-0.15, -0.1) is 0 Å². The molecule has 0 bridgehead atoms. The van der Waals surface area contributed by atoms with Crippen molar-refractivity contribution in [2.45, 2.75) is 0 Å². The average molecular weight is 498 g/mol. The summed E-state index contributed by atoms with van der Waals surface area (Å²) in [6.45, 7) is 4.12. The highest BCUT2D eigenvalue weighted by Crippen LogP contribution is 2.26. The Labute approximate surface area is 207 Å². The maximum atomic E-state index is 13.9. The lowest BCUT2D eigenvalue weighted by atomic mass is 10.1. The standard InChI is InChI=1S/C26H25ClFN3O4/c27-18-5-8-20(9-6-18)35-16-15-30-11-13-31(14-12-30)24-10-7-19(17-22(24)26(33)34)29-25(32)21-3-1-2-4-23(21)28/h1-10,17H,11-16H2,(H,29,32)(H,33,34). The molecule has 1 aliphatic heterocycles. The number of nitrogens with zero attached hydrogens (tertiary/aromatic N) is 2. The summed E-state index contributed by atoms with van der Waals surface area (Å²) in [7, 11) is 0. The molecule has 0 aromatic heterocycles. The van der Waals surface area contributed by atoms with Crippen LogP contribution in [0, 0.1) is 5.82 Å². The molecule has 9 heteroatoms. The van der Waals surface area contributed by atoms with E-state index in [4.69, 9.17) is 16.3 Å². The number of hydrogen-bond donors (Lipinski definition) is 2. The van der Waals surface area contributed by atoms with Crippen molar-refractivity contribution in [1.29, 1.82) is 0 Å². The van der Waals surface area contributed by atoms with E-state index in [1.165, 1.54) is 24.3 Å². The number of carboxylic acid groups (broad SMARTS) is 1. The number of piperazine rings is 1. The first-order valence-electron chi connectivity index (χ1n) is 11.2. The summed E-state index contributed by atoms with van der Waals surface area (Å²) in [6.07, 6.45) is 0. The Morgan fingerprint density at radius 2 is 1.69 bits per heavy atom. The zero-order valence-electron chi connectivity index (χ0n) is 18.9. The first-order chi connectivity index (χ1) is 16.9. The van der Waals surface area contributed by atoms with Gasteiger partial charge in [-0.05, 0) is 54.6 Å². The first kappa shape index (κ1) is 24.5. The molecule has 3 aromatic carbocycles. The number of halogens is 2. The molecule has 0 spiro atoms. The second-order valence-electron chi connectivity index (χ2n) is 8.10. The fourth-order valence-corrected chi connectivity index (χ4v) is 4.07. The maximum absolute atomic E-state index is 13.9. The number of carbonyl (C=O) groups excluding carboxylic acids is 1. The molecule has 0 radical (unpaired) electrons. The van der Waals surface area contributed by atoms with E-state index in [0.29, 0.717) is 30.4 Å². The summed E-state index contributed by atoms with van der Waals surface area (Å²) in [5.41, 5.74) is 0.844. The van der Waals surface area contributed by atoms with Gasteiger partial charge < -0.3 is 20.1 Å². The number of aromatic carboxylic acids is 1. The topological polar surface area (TPSA) is 82.1 Å². The number of carbonyl (C=O) groups is 2. The molecule has 1 amide bonds. The zero-order valence-corrected chi connectivity index (χ0v) is 19.7. The quantitative estimate of drug-likeness (QED) is 0.472. The molecule has 1 heterocycles. The van der Waals surface area contributed by atoms with E-state index in [1.54, 1.807) is 30.3 Å². The minimum atomic E-state index is -1.10. The summed E-state index contributed by atoms with van der Waals surface area (Å²) in [5, 5.41) is 13.0. The van der Waals surface area contributed by atoms with Gasteiger partial charge in [-0.25, -0.2) is 9.18 Å². The Morgan fingerprint density at radius 1 is 0.971 bits per heavy atom. The van der Waals surface area contributed by atoms with Gasteiger partial charge in [0.05, 0.1) is 16.8 Å². The van der Waals surface area contributed by atoms with Gasteiger partial charge in [-0.1, -0.05) is 23.7 Å². The molecule has 0 unspecified atom stereocenters. The van der Waals surface area contributed by atoms with Crippen molar-refractivity contribution in [1.82, 2.24) is 4.90 Å². The van der Waals surface area contributed by atoms with E-state index in [1.807, 2.05) is 17.0 Å². The number of nitrogens with one attached hydrogen (secondary N) is 1. The highest BCUT2D eigenvalue weighted by Gasteiger charge is 2.22. The van der Waals surface area contributed by atoms with Gasteiger partial charge >= 0.3 is 5.97 Å². The summed E-state index contributed by atoms with van der Waals surface area (Å²) < 4.78 is 19.6. The van der Waals surface area contributed by atoms with E-state index in [9.17, 15) is 19.1 Å². The van der Waals surface area contributed by atoms with Crippen LogP contribution in [0.1, 0.15) is 20.7 Å². The fourth-order valence-electron chi connectivity index (χ4n) is 3.94. The number of amides is 1. The number of hydrogen-bond acceptors (Lipinski definition) is 5. The van der Waals surface area contributed by atoms with Crippen molar-refractivity contribution in [3.63, 3.8) is 0 Å². The SMILES string of the molecule is O=C(Nc1ccc(N2CCN(CCOc3ccc(Cl)cc3)CC2)c(C(=O)O)c1)c1ccccc1F. The van der Waals surface area contributed by atoms with Crippen LogP contribution in [-0.2, 0) is 0 Å². The summed E-state index contributed by atoms with van der Waals surface area (Å²) in [6, 6.07) is 17.6. The fraction of sp³-hybridized carbons (Fsp3) is 0.231. The van der Waals surface area contributed by atoms with Crippen molar-refractivity contribution in [2.24, 2.45) is 0 Å². The zero-order chi connectivity index (χ0) is 24.8. The highest BCUT2D eigenvalue weighted by atomic mass is 35.5. The largest absolute Gasteiger partial charge is 0.492 e. The molecular weight excluding hydrogens is 473 g/mol. The van der Waals surface area contributed by atoms with Crippen LogP contribution in [0.4, 0.5) is 15.8 Å². The number of anilines is 2. The predicted molar refractivity (Wildman–Crippen MR) is 133 cm³/mol. The number of rotatable bonds is 8. The Morgan fingerprint density at radius 3 is 2.37 bits per heavy atom. The van der Waals surface area contributed by atoms with E-state index in [0.717, 1.165) is 25.4 Å². The molecule has 7 nitrogen and oxygen atoms in total. The van der Waals surface area contributed by atoms with Gasteiger partial charge in [0.15, 0.2) is 0 Å². The lowest BCUT2D eigenvalue weighted by molar-refractivity contribution is 0.0697. The van der Waals surface area contributed by atoms with E-state index in [2.05, 4.69) is 10.2 Å². The van der Waals surface area contributed by atoms with Crippen LogP contribution >= 0.6 is 11.6 Å². The van der Waals surface area contributed by atoms with Gasteiger partial charge in [-0.2, -0.15) is 0 Å². The first-order valence-corrected chi connectivity index (χ1v) is 11.6. The monoisotopic (exact) mass is 497 g/mol. The maximum Gasteiger partial charge on any atom is 0.337 e. The Hall–Kier alpha value is -3.62. The van der Waals surface area contributed by atoms with Crippen molar-refractivity contribution in [2.75, 3.05) is 49.5 Å². The van der Waals surface area contributed by atoms with Crippen LogP contribution in [0.3, 0.4) is 0 Å². The van der Waals surface area contributed by atoms with Gasteiger partial charge in [0.2, 0.25) is 0 Å². The molecule has 1 aliphatic rings. The van der Waals surface area contributed by atoms with E-state index in [-0.39, 0.29) is 16.8 Å². The van der Waals surface area contributed by atoms with Crippen LogP contribution in [0.2, 0.25) is 5.02 Å². The Kier molecular flexibility index (Phi) is 7.84. The molecule has 1 fully saturated rings. The Balaban J connectivity index is 1.34. The van der Waals surface area contributed by atoms with Crippen LogP contribution in [0.15, 0.2) is 66.7 Å². The molecule has 0 saturated carbocycles. The Bertz CT molecular complexity index is 1200. The van der Waals surface area contributed by atoms with Crippen molar-refractivity contribution in [3.05, 3.63) is 88.7 Å². The molecule has 0 atom stereocenters. The molecular formula is C26H25ClFN3O4. The number of ether oxygens (including phenoxy) is 1. The van der Waals surface area contributed by atoms with Crippen LogP contribution in [-0.4, -0.2) is 61.2 Å². The number of benzene rings is 3. The highest BCUT2D eigenvalue weighted by molar-refractivity contribution is 6.30. The summed E-state index contributed by atoms with van der Waals surface area (Å²) in [5.74, 6) is -1.61. The van der Waals surface area contributed by atoms with Crippen molar-refractivity contribution >= 4 is 34.9 Å². The van der Waals surface area contributed by atoms with Crippen molar-refractivity contribution in [3.8, 4) is 5.75 Å². The molecule has 35 heavy (non-hydrogen) atoms. The third-order valence-electron chi connectivity index (χ3n) is 5.81. The smallest absolute Gasteiger partial charge is 0.337 e. The predicted octanol–water partition coefficient (Wildman–Crippen LogP) is 4.63. The van der Waals surface area contributed by atoms with Gasteiger partial charge in [-0.3, -0.25) is 9.69 Å². The molecule has 182 valence electrons. The van der Waals surface area contributed by atoms with E-state index < -0.39 is 17.7 Å². The van der Waals surface area contributed by atoms with Crippen molar-refractivity contribution < 1.29 is 23.8 Å². The minimum absolute atomic E-state index is 0.0795. The molecule has 1 saturated heterocycles. The minimum Gasteiger partial charge on any atom is -0.492 e. The molecule has 4 rings (SSSR count). The van der Waals surface area contributed by atoms with E-state index >= 15 is 0 Å². The van der Waals surface area contributed by atoms with Crippen LogP contribution in [0.5, 0.6) is 5.75 Å². The normalized spacial score (nSPS) is 13.9.